The van der Waals surface area contributed by atoms with Crippen LogP contribution in [0, 0.1) is 0 Å². The van der Waals surface area contributed by atoms with Gasteiger partial charge >= 0.3 is 0 Å². The number of hydrogen-bond donors (Lipinski definition) is 0. The summed E-state index contributed by atoms with van der Waals surface area (Å²) in [5.74, 6) is 0. The Bertz CT molecular complexity index is 334. The molecular weight excluding hydrogens is 284 g/mol. The van der Waals surface area contributed by atoms with Crippen LogP contribution in [0.3, 0.4) is 0 Å². The van der Waals surface area contributed by atoms with Crippen LogP contribution in [0.4, 0.5) is 0 Å². The molecule has 21 heavy (non-hydrogen) atoms. The number of allylic oxidation sites excluding steroid dienone is 1. The van der Waals surface area contributed by atoms with Crippen LogP contribution in [0.2, 0.25) is 0 Å². The first-order valence-corrected chi connectivity index (χ1v) is 10.1. The van der Waals surface area contributed by atoms with Crippen molar-refractivity contribution in [3.8, 4) is 0 Å². The van der Waals surface area contributed by atoms with Crippen LogP contribution in [-0.2, 0) is 14.3 Å². The molecule has 0 aliphatic rings. The Kier molecular flexibility index (Phi) is 14.3. The fourth-order valence-electron chi connectivity index (χ4n) is 2.34. The van der Waals surface area contributed by atoms with E-state index in [-0.39, 0.29) is 0 Å². The SMILES string of the molecule is CCCCCCCCCCCCCCC=CS(=O)(=O)OC. The lowest BCUT2D eigenvalue weighted by Gasteiger charge is -2.02. The summed E-state index contributed by atoms with van der Waals surface area (Å²) in [6, 6.07) is 0. The second-order valence-corrected chi connectivity index (χ2v) is 7.30. The lowest BCUT2D eigenvalue weighted by molar-refractivity contribution is 0.406. The molecule has 0 aromatic rings. The summed E-state index contributed by atoms with van der Waals surface area (Å²) in [5.41, 5.74) is 0. The van der Waals surface area contributed by atoms with E-state index >= 15 is 0 Å². The quantitative estimate of drug-likeness (QED) is 0.293. The largest absolute Gasteiger partial charge is 0.289 e. The zero-order valence-electron chi connectivity index (χ0n) is 14.0. The van der Waals surface area contributed by atoms with Crippen LogP contribution >= 0.6 is 0 Å². The van der Waals surface area contributed by atoms with E-state index in [0.29, 0.717) is 0 Å². The van der Waals surface area contributed by atoms with E-state index in [1.165, 1.54) is 77.7 Å². The van der Waals surface area contributed by atoms with Gasteiger partial charge in [-0.05, 0) is 12.8 Å². The van der Waals surface area contributed by atoms with Gasteiger partial charge in [-0.1, -0.05) is 83.6 Å². The van der Waals surface area contributed by atoms with Crippen molar-refractivity contribution >= 4 is 10.1 Å². The smallest absolute Gasteiger partial charge is 0.270 e. The van der Waals surface area contributed by atoms with Gasteiger partial charge in [0.25, 0.3) is 10.1 Å². The molecule has 4 heteroatoms. The Balaban J connectivity index is 3.19. The van der Waals surface area contributed by atoms with Gasteiger partial charge in [0.2, 0.25) is 0 Å². The fraction of sp³-hybridized carbons (Fsp3) is 0.882. The monoisotopic (exact) mass is 318 g/mol. The van der Waals surface area contributed by atoms with E-state index in [0.717, 1.165) is 18.2 Å². The van der Waals surface area contributed by atoms with Crippen LogP contribution in [-0.4, -0.2) is 15.5 Å². The van der Waals surface area contributed by atoms with E-state index in [1.54, 1.807) is 6.08 Å². The molecule has 0 rings (SSSR count). The molecule has 0 heterocycles. The van der Waals surface area contributed by atoms with E-state index in [4.69, 9.17) is 0 Å². The van der Waals surface area contributed by atoms with Gasteiger partial charge < -0.3 is 0 Å². The predicted octanol–water partition coefficient (Wildman–Crippen LogP) is 5.57. The first kappa shape index (κ1) is 20.6. The zero-order valence-corrected chi connectivity index (χ0v) is 14.8. The average molecular weight is 319 g/mol. The molecule has 0 aliphatic carbocycles. The topological polar surface area (TPSA) is 43.4 Å². The van der Waals surface area contributed by atoms with Crippen molar-refractivity contribution in [3.63, 3.8) is 0 Å². The molecule has 0 spiro atoms. The third kappa shape index (κ3) is 15.9. The van der Waals surface area contributed by atoms with Crippen LogP contribution in [0.25, 0.3) is 0 Å². The van der Waals surface area contributed by atoms with Gasteiger partial charge in [0.1, 0.15) is 0 Å². The number of unbranched alkanes of at least 4 members (excludes halogenated alkanes) is 12. The molecule has 3 nitrogen and oxygen atoms in total. The maximum absolute atomic E-state index is 11.0. The highest BCUT2D eigenvalue weighted by Gasteiger charge is 1.99. The lowest BCUT2D eigenvalue weighted by atomic mass is 10.0. The lowest BCUT2D eigenvalue weighted by Crippen LogP contribution is -1.95. The normalized spacial score (nSPS) is 12.3. The van der Waals surface area contributed by atoms with E-state index in [2.05, 4.69) is 11.1 Å². The van der Waals surface area contributed by atoms with Crippen molar-refractivity contribution in [2.24, 2.45) is 0 Å². The molecule has 0 aromatic heterocycles. The molecule has 0 aliphatic heterocycles. The first-order chi connectivity index (χ1) is 10.1. The molecule has 0 saturated carbocycles. The van der Waals surface area contributed by atoms with Crippen LogP contribution in [0.15, 0.2) is 11.5 Å². The summed E-state index contributed by atoms with van der Waals surface area (Å²) in [5, 5.41) is 1.16. The Morgan fingerprint density at radius 2 is 1.19 bits per heavy atom. The highest BCUT2D eigenvalue weighted by atomic mass is 32.2. The summed E-state index contributed by atoms with van der Waals surface area (Å²) in [6.07, 6.45) is 18.4. The molecule has 0 saturated heterocycles. The fourth-order valence-corrected chi connectivity index (χ4v) is 2.83. The van der Waals surface area contributed by atoms with Crippen LogP contribution in [0.5, 0.6) is 0 Å². The van der Waals surface area contributed by atoms with Crippen molar-refractivity contribution in [2.45, 2.75) is 90.4 Å². The van der Waals surface area contributed by atoms with Gasteiger partial charge in [0.05, 0.1) is 12.5 Å². The molecule has 0 amide bonds. The molecule has 0 unspecified atom stereocenters. The van der Waals surface area contributed by atoms with Gasteiger partial charge in [-0.2, -0.15) is 8.42 Å². The molecular formula is C17H34O3S. The standard InChI is InChI=1S/C17H34O3S/c1-3-4-5-6-7-8-9-10-11-12-13-14-15-16-17-21(18,19)20-2/h16-17H,3-15H2,1-2H3. The average Bonchev–Trinajstić information content (AvgIpc) is 2.47. The summed E-state index contributed by atoms with van der Waals surface area (Å²) >= 11 is 0. The van der Waals surface area contributed by atoms with Gasteiger partial charge in [0.15, 0.2) is 0 Å². The highest BCUT2D eigenvalue weighted by Crippen LogP contribution is 2.12. The second kappa shape index (κ2) is 14.6. The maximum Gasteiger partial charge on any atom is 0.289 e. The van der Waals surface area contributed by atoms with Crippen LogP contribution in [0.1, 0.15) is 90.4 Å². The minimum Gasteiger partial charge on any atom is -0.270 e. The van der Waals surface area contributed by atoms with E-state index in [9.17, 15) is 8.42 Å². The summed E-state index contributed by atoms with van der Waals surface area (Å²) < 4.78 is 26.4. The number of rotatable bonds is 15. The molecule has 0 N–H and O–H groups in total. The molecule has 0 radical (unpaired) electrons. The van der Waals surface area contributed by atoms with Gasteiger partial charge in [0, 0.05) is 0 Å². The van der Waals surface area contributed by atoms with Gasteiger partial charge in [-0.3, -0.25) is 4.18 Å². The second-order valence-electron chi connectivity index (χ2n) is 5.71. The Morgan fingerprint density at radius 3 is 1.62 bits per heavy atom. The Hall–Kier alpha value is -0.350. The maximum atomic E-state index is 11.0. The van der Waals surface area contributed by atoms with Crippen molar-refractivity contribution in [3.05, 3.63) is 11.5 Å². The molecule has 0 aromatic carbocycles. The van der Waals surface area contributed by atoms with Crippen molar-refractivity contribution in [1.29, 1.82) is 0 Å². The van der Waals surface area contributed by atoms with Crippen molar-refractivity contribution in [2.75, 3.05) is 7.11 Å². The first-order valence-electron chi connectivity index (χ1n) is 8.59. The third-order valence-corrected chi connectivity index (χ3v) is 4.71. The zero-order chi connectivity index (χ0) is 15.8. The van der Waals surface area contributed by atoms with E-state index in [1.807, 2.05) is 0 Å². The Labute approximate surface area is 132 Å². The van der Waals surface area contributed by atoms with Gasteiger partial charge in [-0.25, -0.2) is 0 Å². The molecule has 0 atom stereocenters. The van der Waals surface area contributed by atoms with E-state index < -0.39 is 10.1 Å². The highest BCUT2D eigenvalue weighted by molar-refractivity contribution is 7.89. The Morgan fingerprint density at radius 1 is 0.762 bits per heavy atom. The summed E-state index contributed by atoms with van der Waals surface area (Å²) in [6.45, 7) is 2.26. The van der Waals surface area contributed by atoms with Crippen molar-refractivity contribution < 1.29 is 12.6 Å². The predicted molar refractivity (Wildman–Crippen MR) is 90.8 cm³/mol. The minimum absolute atomic E-state index is 0.819. The minimum atomic E-state index is -3.42. The molecule has 126 valence electrons. The summed E-state index contributed by atoms with van der Waals surface area (Å²) in [4.78, 5) is 0. The molecule has 0 bridgehead atoms. The summed E-state index contributed by atoms with van der Waals surface area (Å²) in [7, 11) is -2.23. The van der Waals surface area contributed by atoms with Gasteiger partial charge in [-0.15, -0.1) is 0 Å². The number of hydrogen-bond acceptors (Lipinski definition) is 3. The van der Waals surface area contributed by atoms with Crippen molar-refractivity contribution in [1.82, 2.24) is 0 Å². The third-order valence-electron chi connectivity index (χ3n) is 3.72. The van der Waals surface area contributed by atoms with Crippen LogP contribution < -0.4 is 0 Å². The molecule has 0 fully saturated rings.